The van der Waals surface area contributed by atoms with Crippen LogP contribution in [0.5, 0.6) is 0 Å². The van der Waals surface area contributed by atoms with Crippen LogP contribution in [0, 0.1) is 36.5 Å². The molecule has 0 saturated heterocycles. The molecule has 4 unspecified atom stereocenters. The Morgan fingerprint density at radius 1 is 1.22 bits per heavy atom. The van der Waals surface area contributed by atoms with E-state index in [2.05, 4.69) is 76.0 Å². The third-order valence-corrected chi connectivity index (χ3v) is 6.33. The van der Waals surface area contributed by atoms with Crippen molar-refractivity contribution in [1.29, 1.82) is 0 Å². The fourth-order valence-electron chi connectivity index (χ4n) is 5.10. The Labute approximate surface area is 166 Å². The summed E-state index contributed by atoms with van der Waals surface area (Å²) in [5.41, 5.74) is 3.86. The van der Waals surface area contributed by atoms with E-state index in [1.54, 1.807) is 5.57 Å². The fraction of sp³-hybridized carbons (Fsp3) is 0.640. The zero-order chi connectivity index (χ0) is 19.4. The molecule has 0 aromatic carbocycles. The molecule has 3 rings (SSSR count). The minimum Gasteiger partial charge on any atom is -0.378 e. The van der Waals surface area contributed by atoms with Gasteiger partial charge in [0.15, 0.2) is 0 Å². The summed E-state index contributed by atoms with van der Waals surface area (Å²) in [6.07, 6.45) is 12.9. The van der Waals surface area contributed by atoms with Crippen molar-refractivity contribution in [2.75, 3.05) is 6.61 Å². The lowest BCUT2D eigenvalue weighted by Gasteiger charge is -2.45. The number of pyridine rings is 1. The van der Waals surface area contributed by atoms with Crippen LogP contribution >= 0.6 is 0 Å². The highest BCUT2D eigenvalue weighted by Crippen LogP contribution is 2.47. The van der Waals surface area contributed by atoms with Crippen LogP contribution in [0.1, 0.15) is 64.8 Å². The lowest BCUT2D eigenvalue weighted by Crippen LogP contribution is -2.40. The normalized spacial score (nSPS) is 29.6. The van der Waals surface area contributed by atoms with E-state index in [4.69, 9.17) is 4.74 Å². The Balaban J connectivity index is 1.87. The molecule has 1 saturated carbocycles. The van der Waals surface area contributed by atoms with Crippen LogP contribution in [0.15, 0.2) is 35.9 Å². The molecule has 1 aromatic heterocycles. The molecule has 2 nitrogen and oxygen atoms in total. The maximum Gasteiger partial charge on any atom is 0.0629 e. The molecule has 0 bridgehead atoms. The second kappa shape index (κ2) is 9.19. The maximum atomic E-state index is 6.32. The van der Waals surface area contributed by atoms with E-state index in [0.29, 0.717) is 29.6 Å². The Hall–Kier alpha value is -1.41. The van der Waals surface area contributed by atoms with E-state index >= 15 is 0 Å². The third kappa shape index (κ3) is 5.10. The molecule has 1 fully saturated rings. The van der Waals surface area contributed by atoms with Crippen molar-refractivity contribution in [3.05, 3.63) is 47.3 Å². The van der Waals surface area contributed by atoms with Gasteiger partial charge in [0.05, 0.1) is 11.8 Å². The van der Waals surface area contributed by atoms with Gasteiger partial charge >= 0.3 is 0 Å². The highest BCUT2D eigenvalue weighted by Gasteiger charge is 2.40. The standard InChI is InChI=1S/C25H37NO/c1-17(2)16-27-20(5)25-18(3)15-21-10-6-7-12-23(21)24(25)14-13-22-11-8-9-19(4)26-22/h8-9,11,13-15,17-18,20,23-25H,6-7,10,12,16H2,1-5H3/b14-13+/t18-,20?,23?,24?,25?/m0/s1. The van der Waals surface area contributed by atoms with Crippen LogP contribution in [-0.4, -0.2) is 17.7 Å². The fourth-order valence-corrected chi connectivity index (χ4v) is 5.10. The molecule has 148 valence electrons. The van der Waals surface area contributed by atoms with Gasteiger partial charge in [-0.05, 0) is 80.9 Å². The van der Waals surface area contributed by atoms with Crippen molar-refractivity contribution in [2.24, 2.45) is 29.6 Å². The van der Waals surface area contributed by atoms with E-state index < -0.39 is 0 Å². The topological polar surface area (TPSA) is 22.1 Å². The molecule has 2 heteroatoms. The summed E-state index contributed by atoms with van der Waals surface area (Å²) >= 11 is 0. The third-order valence-electron chi connectivity index (χ3n) is 6.33. The van der Waals surface area contributed by atoms with Crippen molar-refractivity contribution in [3.8, 4) is 0 Å². The second-order valence-electron chi connectivity index (χ2n) is 9.10. The van der Waals surface area contributed by atoms with Gasteiger partial charge in [0.1, 0.15) is 0 Å². The number of hydrogen-bond donors (Lipinski definition) is 0. The largest absolute Gasteiger partial charge is 0.378 e. The maximum absolute atomic E-state index is 6.32. The van der Waals surface area contributed by atoms with Crippen LogP contribution < -0.4 is 0 Å². The molecule has 0 N–H and O–H groups in total. The van der Waals surface area contributed by atoms with Gasteiger partial charge in [-0.3, -0.25) is 4.98 Å². The molecule has 0 radical (unpaired) electrons. The molecule has 0 aliphatic heterocycles. The Bertz CT molecular complexity index is 675. The zero-order valence-electron chi connectivity index (χ0n) is 17.8. The predicted octanol–water partition coefficient (Wildman–Crippen LogP) is 6.46. The van der Waals surface area contributed by atoms with Gasteiger partial charge < -0.3 is 4.74 Å². The van der Waals surface area contributed by atoms with Crippen LogP contribution in [0.2, 0.25) is 0 Å². The summed E-state index contributed by atoms with van der Waals surface area (Å²) in [5.74, 6) is 2.92. The first-order valence-electron chi connectivity index (χ1n) is 10.9. The number of rotatable bonds is 6. The second-order valence-corrected chi connectivity index (χ2v) is 9.10. The number of fused-ring (bicyclic) bond motifs is 1. The predicted molar refractivity (Wildman–Crippen MR) is 114 cm³/mol. The van der Waals surface area contributed by atoms with Gasteiger partial charge in [-0.25, -0.2) is 0 Å². The van der Waals surface area contributed by atoms with Gasteiger partial charge in [0.25, 0.3) is 0 Å². The molecular formula is C25H37NO. The summed E-state index contributed by atoms with van der Waals surface area (Å²) in [7, 11) is 0. The Morgan fingerprint density at radius 3 is 2.78 bits per heavy atom. The van der Waals surface area contributed by atoms with Crippen molar-refractivity contribution >= 4 is 6.08 Å². The van der Waals surface area contributed by atoms with Gasteiger partial charge in [-0.1, -0.05) is 51.0 Å². The van der Waals surface area contributed by atoms with Crippen molar-refractivity contribution in [1.82, 2.24) is 4.98 Å². The molecule has 27 heavy (non-hydrogen) atoms. The molecule has 0 amide bonds. The molecule has 1 heterocycles. The van der Waals surface area contributed by atoms with Crippen molar-refractivity contribution in [3.63, 3.8) is 0 Å². The highest BCUT2D eigenvalue weighted by atomic mass is 16.5. The monoisotopic (exact) mass is 367 g/mol. The van der Waals surface area contributed by atoms with E-state index in [1.165, 1.54) is 25.7 Å². The molecule has 2 aliphatic rings. The Kier molecular flexibility index (Phi) is 6.92. The summed E-state index contributed by atoms with van der Waals surface area (Å²) in [5, 5.41) is 0. The van der Waals surface area contributed by atoms with Gasteiger partial charge in [-0.15, -0.1) is 0 Å². The number of ether oxygens (including phenoxy) is 1. The summed E-state index contributed by atoms with van der Waals surface area (Å²) in [4.78, 5) is 4.68. The molecule has 1 aromatic rings. The molecule has 5 atom stereocenters. The van der Waals surface area contributed by atoms with Crippen LogP contribution in [0.3, 0.4) is 0 Å². The minimum absolute atomic E-state index is 0.280. The SMILES string of the molecule is Cc1cccc(/C=C/C2C3CCCCC3=C[C@H](C)C2C(C)OCC(C)C)n1. The van der Waals surface area contributed by atoms with Gasteiger partial charge in [0.2, 0.25) is 0 Å². The number of allylic oxidation sites excluding steroid dienone is 3. The van der Waals surface area contributed by atoms with Crippen molar-refractivity contribution in [2.45, 2.75) is 66.4 Å². The number of aromatic nitrogens is 1. The quantitative estimate of drug-likeness (QED) is 0.538. The summed E-state index contributed by atoms with van der Waals surface area (Å²) in [6.45, 7) is 12.1. The number of hydrogen-bond acceptors (Lipinski definition) is 2. The average molecular weight is 368 g/mol. The van der Waals surface area contributed by atoms with E-state index in [1.807, 2.05) is 0 Å². The molecular weight excluding hydrogens is 330 g/mol. The average Bonchev–Trinajstić information content (AvgIpc) is 2.64. The van der Waals surface area contributed by atoms with Crippen LogP contribution in [0.4, 0.5) is 0 Å². The highest BCUT2D eigenvalue weighted by molar-refractivity contribution is 5.45. The first kappa shape index (κ1) is 20.3. The minimum atomic E-state index is 0.280. The number of nitrogens with zero attached hydrogens (tertiary/aromatic N) is 1. The zero-order valence-corrected chi connectivity index (χ0v) is 17.8. The molecule has 0 spiro atoms. The first-order valence-corrected chi connectivity index (χ1v) is 10.9. The van der Waals surface area contributed by atoms with E-state index in [0.717, 1.165) is 18.0 Å². The van der Waals surface area contributed by atoms with Crippen molar-refractivity contribution < 1.29 is 4.74 Å². The Morgan fingerprint density at radius 2 is 2.04 bits per heavy atom. The van der Waals surface area contributed by atoms with Crippen LogP contribution in [0.25, 0.3) is 6.08 Å². The lowest BCUT2D eigenvalue weighted by molar-refractivity contribution is -0.0248. The smallest absolute Gasteiger partial charge is 0.0629 e. The first-order chi connectivity index (χ1) is 13.0. The summed E-state index contributed by atoms with van der Waals surface area (Å²) in [6, 6.07) is 6.27. The number of aryl methyl sites for hydroxylation is 1. The summed E-state index contributed by atoms with van der Waals surface area (Å²) < 4.78 is 6.32. The van der Waals surface area contributed by atoms with Gasteiger partial charge in [-0.2, -0.15) is 0 Å². The lowest BCUT2D eigenvalue weighted by atomic mass is 9.62. The van der Waals surface area contributed by atoms with E-state index in [-0.39, 0.29) is 6.10 Å². The van der Waals surface area contributed by atoms with E-state index in [9.17, 15) is 0 Å². The molecule has 2 aliphatic carbocycles. The van der Waals surface area contributed by atoms with Gasteiger partial charge in [0, 0.05) is 12.3 Å². The van der Waals surface area contributed by atoms with Crippen LogP contribution in [-0.2, 0) is 4.74 Å².